The Labute approximate surface area is 163 Å². The topological polar surface area (TPSA) is 71.5 Å². The molecule has 3 rings (SSSR count). The van der Waals surface area contributed by atoms with Gasteiger partial charge in [-0.15, -0.1) is 11.3 Å². The second kappa shape index (κ2) is 8.25. The molecule has 27 heavy (non-hydrogen) atoms. The molecule has 6 nitrogen and oxygen atoms in total. The standard InChI is InChI=1S/C20H27N3O3S/c1-20(2,3)26-19(25)23-10-8-14(9-11-23)12-17(24)21-13-18-22-15-6-4-5-7-16(15)27-18/h4-7,14H,8-13H2,1-3H3,(H,21,24). The molecule has 2 heterocycles. The van der Waals surface area contributed by atoms with E-state index in [4.69, 9.17) is 4.74 Å². The summed E-state index contributed by atoms with van der Waals surface area (Å²) >= 11 is 1.61. The number of likely N-dealkylation sites (tertiary alicyclic amines) is 1. The molecule has 7 heteroatoms. The van der Waals surface area contributed by atoms with Crippen LogP contribution in [0.2, 0.25) is 0 Å². The van der Waals surface area contributed by atoms with Crippen molar-refractivity contribution in [1.29, 1.82) is 0 Å². The summed E-state index contributed by atoms with van der Waals surface area (Å²) in [4.78, 5) is 30.6. The minimum absolute atomic E-state index is 0.0463. The monoisotopic (exact) mass is 389 g/mol. The van der Waals surface area contributed by atoms with Crippen LogP contribution in [-0.2, 0) is 16.1 Å². The van der Waals surface area contributed by atoms with E-state index in [9.17, 15) is 9.59 Å². The van der Waals surface area contributed by atoms with E-state index < -0.39 is 5.60 Å². The van der Waals surface area contributed by atoms with Crippen molar-refractivity contribution in [3.05, 3.63) is 29.3 Å². The third-order valence-electron chi connectivity index (χ3n) is 4.52. The summed E-state index contributed by atoms with van der Waals surface area (Å²) in [6.45, 7) is 7.36. The Kier molecular flexibility index (Phi) is 5.99. The van der Waals surface area contributed by atoms with Crippen molar-refractivity contribution in [1.82, 2.24) is 15.2 Å². The first kappa shape index (κ1) is 19.6. The van der Waals surface area contributed by atoms with E-state index in [-0.39, 0.29) is 12.0 Å². The molecule has 2 amide bonds. The Bertz CT molecular complexity index is 771. The Morgan fingerprint density at radius 2 is 1.96 bits per heavy atom. The van der Waals surface area contributed by atoms with E-state index in [1.807, 2.05) is 45.0 Å². The van der Waals surface area contributed by atoms with E-state index in [1.165, 1.54) is 0 Å². The molecule has 0 atom stereocenters. The lowest BCUT2D eigenvalue weighted by atomic mass is 9.93. The molecule has 0 saturated carbocycles. The van der Waals surface area contributed by atoms with Crippen molar-refractivity contribution in [2.75, 3.05) is 13.1 Å². The van der Waals surface area contributed by atoms with Crippen LogP contribution in [-0.4, -0.2) is 40.6 Å². The highest BCUT2D eigenvalue weighted by Crippen LogP contribution is 2.23. The second-order valence-electron chi connectivity index (χ2n) is 7.97. The van der Waals surface area contributed by atoms with Crippen molar-refractivity contribution < 1.29 is 14.3 Å². The highest BCUT2D eigenvalue weighted by atomic mass is 32.1. The molecule has 1 aliphatic heterocycles. The number of nitrogens with one attached hydrogen (secondary N) is 1. The van der Waals surface area contributed by atoms with Crippen molar-refractivity contribution >= 4 is 33.6 Å². The van der Waals surface area contributed by atoms with Crippen LogP contribution in [0.15, 0.2) is 24.3 Å². The number of hydrogen-bond donors (Lipinski definition) is 1. The van der Waals surface area contributed by atoms with Crippen LogP contribution in [0.3, 0.4) is 0 Å². The Balaban J connectivity index is 1.41. The molecule has 0 unspecified atom stereocenters. The van der Waals surface area contributed by atoms with Crippen LogP contribution < -0.4 is 5.32 Å². The maximum Gasteiger partial charge on any atom is 0.410 e. The normalized spacial score (nSPS) is 15.7. The van der Waals surface area contributed by atoms with Gasteiger partial charge in [0.2, 0.25) is 5.91 Å². The molecule has 0 radical (unpaired) electrons. The molecule has 1 saturated heterocycles. The minimum atomic E-state index is -0.478. The average molecular weight is 390 g/mol. The number of fused-ring (bicyclic) bond motifs is 1. The zero-order valence-corrected chi connectivity index (χ0v) is 17.0. The summed E-state index contributed by atoms with van der Waals surface area (Å²) in [5.41, 5.74) is 0.496. The van der Waals surface area contributed by atoms with Gasteiger partial charge in [-0.1, -0.05) is 12.1 Å². The quantitative estimate of drug-likeness (QED) is 0.859. The fourth-order valence-corrected chi connectivity index (χ4v) is 4.06. The van der Waals surface area contributed by atoms with Gasteiger partial charge >= 0.3 is 6.09 Å². The van der Waals surface area contributed by atoms with Gasteiger partial charge in [0.25, 0.3) is 0 Å². The molecule has 2 aromatic rings. The van der Waals surface area contributed by atoms with Crippen molar-refractivity contribution in [3.63, 3.8) is 0 Å². The molecular weight excluding hydrogens is 362 g/mol. The van der Waals surface area contributed by atoms with Gasteiger partial charge < -0.3 is 15.0 Å². The number of aromatic nitrogens is 1. The SMILES string of the molecule is CC(C)(C)OC(=O)N1CCC(CC(=O)NCc2nc3ccccc3s2)CC1. The number of hydrogen-bond acceptors (Lipinski definition) is 5. The number of para-hydroxylation sites is 1. The fourth-order valence-electron chi connectivity index (χ4n) is 3.15. The molecule has 1 N–H and O–H groups in total. The summed E-state index contributed by atoms with van der Waals surface area (Å²) in [6, 6.07) is 7.98. The predicted molar refractivity (Wildman–Crippen MR) is 107 cm³/mol. The van der Waals surface area contributed by atoms with Gasteiger partial charge in [0.05, 0.1) is 16.8 Å². The second-order valence-corrected chi connectivity index (χ2v) is 9.08. The van der Waals surface area contributed by atoms with Gasteiger partial charge in [0, 0.05) is 19.5 Å². The Morgan fingerprint density at radius 3 is 2.63 bits per heavy atom. The van der Waals surface area contributed by atoms with Gasteiger partial charge in [-0.3, -0.25) is 4.79 Å². The highest BCUT2D eigenvalue weighted by Gasteiger charge is 2.27. The Morgan fingerprint density at radius 1 is 1.26 bits per heavy atom. The lowest BCUT2D eigenvalue weighted by Crippen LogP contribution is -2.42. The molecule has 0 aliphatic carbocycles. The van der Waals surface area contributed by atoms with Gasteiger partial charge in [0.1, 0.15) is 10.6 Å². The van der Waals surface area contributed by atoms with Crippen molar-refractivity contribution in [2.45, 2.75) is 52.2 Å². The first-order chi connectivity index (χ1) is 12.8. The number of ether oxygens (including phenoxy) is 1. The number of rotatable bonds is 4. The zero-order valence-electron chi connectivity index (χ0n) is 16.2. The van der Waals surface area contributed by atoms with Gasteiger partial charge in [0.15, 0.2) is 0 Å². The van der Waals surface area contributed by atoms with E-state index in [2.05, 4.69) is 10.3 Å². The van der Waals surface area contributed by atoms with E-state index >= 15 is 0 Å². The number of benzene rings is 1. The third-order valence-corrected chi connectivity index (χ3v) is 5.55. The molecule has 1 fully saturated rings. The van der Waals surface area contributed by atoms with E-state index in [1.54, 1.807) is 16.2 Å². The number of carbonyl (C=O) groups excluding carboxylic acids is 2. The summed E-state index contributed by atoms with van der Waals surface area (Å²) in [5.74, 6) is 0.351. The maximum absolute atomic E-state index is 12.3. The molecular formula is C20H27N3O3S. The Hall–Kier alpha value is -2.15. The third kappa shape index (κ3) is 5.66. The highest BCUT2D eigenvalue weighted by molar-refractivity contribution is 7.18. The van der Waals surface area contributed by atoms with Gasteiger partial charge in [-0.2, -0.15) is 0 Å². The number of thiazole rings is 1. The van der Waals surface area contributed by atoms with E-state index in [0.29, 0.717) is 32.0 Å². The van der Waals surface area contributed by atoms with Crippen LogP contribution in [0.1, 0.15) is 45.0 Å². The van der Waals surface area contributed by atoms with E-state index in [0.717, 1.165) is 28.1 Å². The molecule has 1 aromatic carbocycles. The molecule has 1 aromatic heterocycles. The summed E-state index contributed by atoms with van der Waals surface area (Å²) < 4.78 is 6.54. The maximum atomic E-state index is 12.3. The zero-order chi connectivity index (χ0) is 19.4. The molecule has 1 aliphatic rings. The first-order valence-corrected chi connectivity index (χ1v) is 10.2. The van der Waals surface area contributed by atoms with Crippen LogP contribution in [0.25, 0.3) is 10.2 Å². The predicted octanol–water partition coefficient (Wildman–Crippen LogP) is 3.95. The summed E-state index contributed by atoms with van der Waals surface area (Å²) in [5, 5.41) is 3.90. The van der Waals surface area contributed by atoms with Crippen molar-refractivity contribution in [3.8, 4) is 0 Å². The minimum Gasteiger partial charge on any atom is -0.444 e. The van der Waals surface area contributed by atoms with Gasteiger partial charge in [-0.05, 0) is 51.7 Å². The number of piperidine rings is 1. The largest absolute Gasteiger partial charge is 0.444 e. The number of amides is 2. The van der Waals surface area contributed by atoms with Gasteiger partial charge in [-0.25, -0.2) is 9.78 Å². The fraction of sp³-hybridized carbons (Fsp3) is 0.550. The van der Waals surface area contributed by atoms with Crippen LogP contribution in [0.5, 0.6) is 0 Å². The lowest BCUT2D eigenvalue weighted by Gasteiger charge is -2.33. The molecule has 146 valence electrons. The number of nitrogens with zero attached hydrogens (tertiary/aromatic N) is 2. The smallest absolute Gasteiger partial charge is 0.410 e. The molecule has 0 spiro atoms. The average Bonchev–Trinajstić information content (AvgIpc) is 3.02. The van der Waals surface area contributed by atoms with Crippen molar-refractivity contribution in [2.24, 2.45) is 5.92 Å². The van der Waals surface area contributed by atoms with Crippen LogP contribution in [0.4, 0.5) is 4.79 Å². The summed E-state index contributed by atoms with van der Waals surface area (Å²) in [6.07, 6.45) is 1.88. The number of carbonyl (C=O) groups is 2. The first-order valence-electron chi connectivity index (χ1n) is 9.39. The summed E-state index contributed by atoms with van der Waals surface area (Å²) in [7, 11) is 0. The lowest BCUT2D eigenvalue weighted by molar-refractivity contribution is -0.122. The van der Waals surface area contributed by atoms with Crippen LogP contribution >= 0.6 is 11.3 Å². The van der Waals surface area contributed by atoms with Crippen LogP contribution in [0, 0.1) is 5.92 Å². The molecule has 0 bridgehead atoms.